The molecule has 0 amide bonds. The van der Waals surface area contributed by atoms with Crippen LogP contribution in [0, 0.1) is 5.92 Å². The Bertz CT molecular complexity index is 725. The zero-order valence-corrected chi connectivity index (χ0v) is 16.1. The molecule has 0 bridgehead atoms. The molecule has 1 aromatic rings. The van der Waals surface area contributed by atoms with E-state index < -0.39 is 0 Å². The van der Waals surface area contributed by atoms with Crippen LogP contribution in [0.3, 0.4) is 0 Å². The van der Waals surface area contributed by atoms with E-state index >= 15 is 0 Å². The van der Waals surface area contributed by atoms with Crippen molar-refractivity contribution in [2.75, 3.05) is 7.11 Å². The van der Waals surface area contributed by atoms with Crippen LogP contribution in [-0.2, 0) is 11.2 Å². The lowest BCUT2D eigenvalue weighted by Crippen LogP contribution is -2.31. The Morgan fingerprint density at radius 3 is 2.54 bits per heavy atom. The van der Waals surface area contributed by atoms with Crippen molar-refractivity contribution >= 4 is 17.8 Å². The highest BCUT2D eigenvalue weighted by Crippen LogP contribution is 2.33. The number of carbonyl (C=O) groups excluding carboxylic acids is 2. The Kier molecular flexibility index (Phi) is 5.59. The molecular weight excluding hydrogens is 326 g/mol. The first-order chi connectivity index (χ1) is 12.4. The van der Waals surface area contributed by atoms with E-state index in [0.717, 1.165) is 55.2 Å². The molecule has 1 saturated carbocycles. The molecule has 0 spiro atoms. The maximum absolute atomic E-state index is 12.9. The number of ketones is 1. The molecule has 1 aliphatic carbocycles. The van der Waals surface area contributed by atoms with Crippen LogP contribution >= 0.6 is 0 Å². The summed E-state index contributed by atoms with van der Waals surface area (Å²) in [5.41, 5.74) is 3.14. The number of carbonyl (C=O) groups is 2. The van der Waals surface area contributed by atoms with Gasteiger partial charge in [-0.15, -0.1) is 0 Å². The molecular formula is C22H29NO3. The predicted octanol–water partition coefficient (Wildman–Crippen LogP) is 4.56. The van der Waals surface area contributed by atoms with Gasteiger partial charge in [0.05, 0.1) is 23.9 Å². The summed E-state index contributed by atoms with van der Waals surface area (Å²) in [6.45, 7) is 4.18. The monoisotopic (exact) mass is 355 g/mol. The Morgan fingerprint density at radius 2 is 1.92 bits per heavy atom. The van der Waals surface area contributed by atoms with Gasteiger partial charge in [-0.1, -0.05) is 25.7 Å². The smallest absolute Gasteiger partial charge is 0.153 e. The molecule has 0 aromatic heterocycles. The van der Waals surface area contributed by atoms with Crippen LogP contribution in [0.4, 0.5) is 0 Å². The maximum Gasteiger partial charge on any atom is 0.153 e. The van der Waals surface area contributed by atoms with Gasteiger partial charge in [-0.25, -0.2) is 0 Å². The quantitative estimate of drug-likeness (QED) is 0.575. The summed E-state index contributed by atoms with van der Waals surface area (Å²) in [5, 5.41) is 0. The summed E-state index contributed by atoms with van der Waals surface area (Å²) >= 11 is 0. The standard InChI is InChI=1S/C22H29NO3/c1-22(2)13-16-11-21(26-3)17(14-24)10-18(16)19(23-22)12-20(25)15-8-6-4-5-7-9-15/h10-11,14-15H,4-9,12-13H2,1-3H3. The van der Waals surface area contributed by atoms with E-state index in [1.807, 2.05) is 12.1 Å². The van der Waals surface area contributed by atoms with Crippen molar-refractivity contribution in [2.24, 2.45) is 10.9 Å². The summed E-state index contributed by atoms with van der Waals surface area (Å²) in [6.07, 6.45) is 8.74. The predicted molar refractivity (Wildman–Crippen MR) is 104 cm³/mol. The molecule has 0 atom stereocenters. The highest BCUT2D eigenvalue weighted by molar-refractivity contribution is 6.13. The van der Waals surface area contributed by atoms with E-state index in [1.54, 1.807) is 7.11 Å². The lowest BCUT2D eigenvalue weighted by molar-refractivity contribution is -0.122. The second-order valence-corrected chi connectivity index (χ2v) is 8.25. The number of fused-ring (bicyclic) bond motifs is 1. The van der Waals surface area contributed by atoms with Crippen molar-refractivity contribution < 1.29 is 14.3 Å². The number of aliphatic imine (C=N–C) groups is 1. The average Bonchev–Trinajstić information content (AvgIpc) is 2.89. The van der Waals surface area contributed by atoms with Gasteiger partial charge in [0.2, 0.25) is 0 Å². The average molecular weight is 355 g/mol. The maximum atomic E-state index is 12.9. The molecule has 4 nitrogen and oxygen atoms in total. The van der Waals surface area contributed by atoms with Gasteiger partial charge < -0.3 is 4.74 Å². The second kappa shape index (κ2) is 7.73. The Morgan fingerprint density at radius 1 is 1.23 bits per heavy atom. The topological polar surface area (TPSA) is 55.7 Å². The van der Waals surface area contributed by atoms with E-state index in [-0.39, 0.29) is 11.5 Å². The lowest BCUT2D eigenvalue weighted by atomic mass is 9.83. The number of aldehydes is 1. The second-order valence-electron chi connectivity index (χ2n) is 8.25. The zero-order valence-electron chi connectivity index (χ0n) is 16.1. The van der Waals surface area contributed by atoms with E-state index in [4.69, 9.17) is 9.73 Å². The molecule has 0 saturated heterocycles. The Balaban J connectivity index is 1.92. The van der Waals surface area contributed by atoms with Crippen molar-refractivity contribution in [1.29, 1.82) is 0 Å². The number of hydrogen-bond donors (Lipinski definition) is 0. The summed E-state index contributed by atoms with van der Waals surface area (Å²) in [4.78, 5) is 29.3. The molecule has 1 aromatic carbocycles. The van der Waals surface area contributed by atoms with Crippen molar-refractivity contribution in [1.82, 2.24) is 0 Å². The summed E-state index contributed by atoms with van der Waals surface area (Å²) in [6, 6.07) is 3.78. The van der Waals surface area contributed by atoms with Crippen LogP contribution in [0.15, 0.2) is 17.1 Å². The molecule has 1 fully saturated rings. The number of rotatable bonds is 5. The van der Waals surface area contributed by atoms with Crippen molar-refractivity contribution in [3.63, 3.8) is 0 Å². The fourth-order valence-electron chi connectivity index (χ4n) is 4.30. The first-order valence-corrected chi connectivity index (χ1v) is 9.71. The fourth-order valence-corrected chi connectivity index (χ4v) is 4.30. The van der Waals surface area contributed by atoms with Crippen LogP contribution in [0.25, 0.3) is 0 Å². The van der Waals surface area contributed by atoms with E-state index in [9.17, 15) is 9.59 Å². The van der Waals surface area contributed by atoms with Crippen molar-refractivity contribution in [3.8, 4) is 5.75 Å². The van der Waals surface area contributed by atoms with E-state index in [0.29, 0.717) is 23.5 Å². The largest absolute Gasteiger partial charge is 0.496 e. The SMILES string of the molecule is COc1cc2c(cc1C=O)C(CC(=O)C1CCCCCC1)=NC(C)(C)C2. The molecule has 4 heteroatoms. The third kappa shape index (κ3) is 4.05. The highest BCUT2D eigenvalue weighted by Gasteiger charge is 2.30. The molecule has 140 valence electrons. The Labute approximate surface area is 156 Å². The van der Waals surface area contributed by atoms with Gasteiger partial charge >= 0.3 is 0 Å². The van der Waals surface area contributed by atoms with Crippen LogP contribution in [0.5, 0.6) is 5.75 Å². The van der Waals surface area contributed by atoms with Gasteiger partial charge in [0, 0.05) is 17.9 Å². The first kappa shape index (κ1) is 18.8. The number of ether oxygens (including phenoxy) is 1. The van der Waals surface area contributed by atoms with Crippen LogP contribution in [0.2, 0.25) is 0 Å². The van der Waals surface area contributed by atoms with Crippen molar-refractivity contribution in [2.45, 2.75) is 70.8 Å². The third-order valence-corrected chi connectivity index (χ3v) is 5.61. The summed E-state index contributed by atoms with van der Waals surface area (Å²) in [7, 11) is 1.58. The lowest BCUT2D eigenvalue weighted by Gasteiger charge is -2.30. The van der Waals surface area contributed by atoms with E-state index in [1.165, 1.54) is 12.8 Å². The minimum Gasteiger partial charge on any atom is -0.496 e. The van der Waals surface area contributed by atoms with E-state index in [2.05, 4.69) is 13.8 Å². The van der Waals surface area contributed by atoms with Gasteiger partial charge in [0.1, 0.15) is 11.5 Å². The molecule has 1 heterocycles. The van der Waals surface area contributed by atoms with Crippen molar-refractivity contribution in [3.05, 3.63) is 28.8 Å². The molecule has 0 unspecified atom stereocenters. The van der Waals surface area contributed by atoms with Gasteiger partial charge in [-0.3, -0.25) is 14.6 Å². The van der Waals surface area contributed by atoms with Crippen LogP contribution in [-0.4, -0.2) is 30.4 Å². The molecule has 0 N–H and O–H groups in total. The third-order valence-electron chi connectivity index (χ3n) is 5.61. The van der Waals surface area contributed by atoms with Gasteiger partial charge in [-0.05, 0) is 50.8 Å². The van der Waals surface area contributed by atoms with Crippen LogP contribution in [0.1, 0.15) is 80.3 Å². The summed E-state index contributed by atoms with van der Waals surface area (Å²) < 4.78 is 5.36. The number of nitrogens with zero attached hydrogens (tertiary/aromatic N) is 1. The zero-order chi connectivity index (χ0) is 18.7. The minimum atomic E-state index is -0.250. The normalized spacial score (nSPS) is 19.9. The number of Topliss-reactive ketones (excluding diaryl/α,β-unsaturated/α-hetero) is 1. The minimum absolute atomic E-state index is 0.164. The molecule has 26 heavy (non-hydrogen) atoms. The molecule has 2 aliphatic rings. The van der Waals surface area contributed by atoms with Gasteiger partial charge in [0.25, 0.3) is 0 Å². The van der Waals surface area contributed by atoms with Gasteiger partial charge in [0.15, 0.2) is 6.29 Å². The summed E-state index contributed by atoms with van der Waals surface area (Å²) in [5.74, 6) is 1.06. The van der Waals surface area contributed by atoms with Gasteiger partial charge in [-0.2, -0.15) is 0 Å². The number of hydrogen-bond acceptors (Lipinski definition) is 4. The fraction of sp³-hybridized carbons (Fsp3) is 0.591. The first-order valence-electron chi connectivity index (χ1n) is 9.71. The van der Waals surface area contributed by atoms with Crippen LogP contribution < -0.4 is 4.74 Å². The molecule has 0 radical (unpaired) electrons. The highest BCUT2D eigenvalue weighted by atomic mass is 16.5. The Hall–Kier alpha value is -1.97. The molecule has 1 aliphatic heterocycles. The number of benzene rings is 1. The molecule has 3 rings (SSSR count). The number of methoxy groups -OCH3 is 1.